The second-order valence-electron chi connectivity index (χ2n) is 4.85. The van der Waals surface area contributed by atoms with Crippen LogP contribution in [-0.2, 0) is 11.2 Å². The van der Waals surface area contributed by atoms with E-state index in [4.69, 9.17) is 5.26 Å². The molecular weight excluding hydrogens is 248 g/mol. The average molecular weight is 266 g/mol. The van der Waals surface area contributed by atoms with Gasteiger partial charge in [0.1, 0.15) is 6.04 Å². The Hall–Kier alpha value is -2.34. The number of carbonyl (C=O) groups is 1. The molecule has 0 aliphatic carbocycles. The first-order valence-corrected chi connectivity index (χ1v) is 6.90. The van der Waals surface area contributed by atoms with E-state index in [1.54, 1.807) is 0 Å². The van der Waals surface area contributed by atoms with E-state index >= 15 is 0 Å². The van der Waals surface area contributed by atoms with E-state index in [0.717, 1.165) is 22.8 Å². The molecule has 3 heteroatoms. The fourth-order valence-electron chi connectivity index (χ4n) is 2.32. The topological polar surface area (TPSA) is 52.9 Å². The molecule has 0 fully saturated rings. The number of hydrogen-bond donors (Lipinski definition) is 1. The number of nitrogens with one attached hydrogen (secondary N) is 1. The van der Waals surface area contributed by atoms with Gasteiger partial charge in [0.25, 0.3) is 0 Å². The van der Waals surface area contributed by atoms with Crippen LogP contribution in [0, 0.1) is 11.3 Å². The molecule has 0 spiro atoms. The summed E-state index contributed by atoms with van der Waals surface area (Å²) in [5.41, 5.74) is 0.994. The van der Waals surface area contributed by atoms with Gasteiger partial charge in [-0.15, -0.1) is 0 Å². The second-order valence-corrected chi connectivity index (χ2v) is 4.85. The molecule has 1 amide bonds. The maximum Gasteiger partial charge on any atom is 0.225 e. The standard InChI is InChI=1S/C17H18N2O/c1-2-6-15(12-18)19-17(20)11-14-9-5-8-13-7-3-4-10-16(13)14/h3-5,7-10,15H,2,6,11H2,1H3,(H,19,20). The lowest BCUT2D eigenvalue weighted by molar-refractivity contribution is -0.120. The molecule has 2 aromatic rings. The van der Waals surface area contributed by atoms with Crippen molar-refractivity contribution in [1.29, 1.82) is 5.26 Å². The maximum atomic E-state index is 12.0. The molecular formula is C17H18N2O. The van der Waals surface area contributed by atoms with Crippen LogP contribution < -0.4 is 5.32 Å². The fraction of sp³-hybridized carbons (Fsp3) is 0.294. The van der Waals surface area contributed by atoms with Gasteiger partial charge in [-0.3, -0.25) is 4.79 Å². The van der Waals surface area contributed by atoms with Crippen molar-refractivity contribution < 1.29 is 4.79 Å². The van der Waals surface area contributed by atoms with Crippen molar-refractivity contribution >= 4 is 16.7 Å². The minimum Gasteiger partial charge on any atom is -0.340 e. The highest BCUT2D eigenvalue weighted by molar-refractivity contribution is 5.90. The van der Waals surface area contributed by atoms with Crippen LogP contribution in [-0.4, -0.2) is 11.9 Å². The minimum atomic E-state index is -0.387. The van der Waals surface area contributed by atoms with Gasteiger partial charge in [0, 0.05) is 0 Å². The number of nitrogens with zero attached hydrogens (tertiary/aromatic N) is 1. The highest BCUT2D eigenvalue weighted by Crippen LogP contribution is 2.18. The Balaban J connectivity index is 2.12. The smallest absolute Gasteiger partial charge is 0.225 e. The molecule has 0 bridgehead atoms. The van der Waals surface area contributed by atoms with E-state index in [0.29, 0.717) is 12.8 Å². The molecule has 1 atom stereocenters. The Labute approximate surface area is 119 Å². The van der Waals surface area contributed by atoms with Gasteiger partial charge in [-0.05, 0) is 22.8 Å². The summed E-state index contributed by atoms with van der Waals surface area (Å²) in [6.07, 6.45) is 1.88. The van der Waals surface area contributed by atoms with Crippen LogP contribution in [0.5, 0.6) is 0 Å². The van der Waals surface area contributed by atoms with E-state index in [1.807, 2.05) is 49.4 Å². The van der Waals surface area contributed by atoms with Crippen LogP contribution >= 0.6 is 0 Å². The number of rotatable bonds is 5. The van der Waals surface area contributed by atoms with Crippen molar-refractivity contribution in [3.63, 3.8) is 0 Å². The van der Waals surface area contributed by atoms with Crippen LogP contribution in [0.2, 0.25) is 0 Å². The number of carbonyl (C=O) groups excluding carboxylic acids is 1. The van der Waals surface area contributed by atoms with E-state index < -0.39 is 0 Å². The molecule has 2 rings (SSSR count). The first-order chi connectivity index (χ1) is 9.74. The lowest BCUT2D eigenvalue weighted by atomic mass is 10.0. The average Bonchev–Trinajstić information content (AvgIpc) is 2.47. The van der Waals surface area contributed by atoms with Crippen LogP contribution in [0.15, 0.2) is 42.5 Å². The van der Waals surface area contributed by atoms with Gasteiger partial charge in [-0.2, -0.15) is 5.26 Å². The zero-order chi connectivity index (χ0) is 14.4. The van der Waals surface area contributed by atoms with Gasteiger partial charge in [-0.1, -0.05) is 55.8 Å². The Morgan fingerprint density at radius 2 is 2.00 bits per heavy atom. The Morgan fingerprint density at radius 3 is 2.75 bits per heavy atom. The fourth-order valence-corrected chi connectivity index (χ4v) is 2.32. The molecule has 0 aliphatic rings. The van der Waals surface area contributed by atoms with Crippen molar-refractivity contribution in [2.45, 2.75) is 32.2 Å². The Kier molecular flexibility index (Phi) is 4.73. The normalized spacial score (nSPS) is 11.8. The summed E-state index contributed by atoms with van der Waals surface area (Å²) in [5.74, 6) is -0.0960. The van der Waals surface area contributed by atoms with Gasteiger partial charge in [-0.25, -0.2) is 0 Å². The lowest BCUT2D eigenvalue weighted by Gasteiger charge is -2.11. The summed E-state index contributed by atoms with van der Waals surface area (Å²) in [6, 6.07) is 15.7. The zero-order valence-corrected chi connectivity index (χ0v) is 11.6. The summed E-state index contributed by atoms with van der Waals surface area (Å²) in [4.78, 5) is 12.0. The zero-order valence-electron chi connectivity index (χ0n) is 11.6. The highest BCUT2D eigenvalue weighted by atomic mass is 16.1. The molecule has 20 heavy (non-hydrogen) atoms. The van der Waals surface area contributed by atoms with Gasteiger partial charge < -0.3 is 5.32 Å². The Bertz CT molecular complexity index is 637. The highest BCUT2D eigenvalue weighted by Gasteiger charge is 2.12. The predicted octanol–water partition coefficient (Wildman–Crippen LogP) is 3.19. The first-order valence-electron chi connectivity index (χ1n) is 6.90. The van der Waals surface area contributed by atoms with E-state index in [-0.39, 0.29) is 11.9 Å². The molecule has 0 aliphatic heterocycles. The van der Waals surface area contributed by atoms with Crippen molar-refractivity contribution in [3.05, 3.63) is 48.0 Å². The first kappa shape index (κ1) is 14.1. The number of amides is 1. The van der Waals surface area contributed by atoms with Crippen molar-refractivity contribution in [2.75, 3.05) is 0 Å². The van der Waals surface area contributed by atoms with Crippen LogP contribution in [0.4, 0.5) is 0 Å². The third-order valence-corrected chi connectivity index (χ3v) is 3.30. The molecule has 0 saturated heterocycles. The third kappa shape index (κ3) is 3.36. The molecule has 2 aromatic carbocycles. The number of fused-ring (bicyclic) bond motifs is 1. The SMILES string of the molecule is CCCC(C#N)NC(=O)Cc1cccc2ccccc12. The second kappa shape index (κ2) is 6.72. The van der Waals surface area contributed by atoms with Crippen LogP contribution in [0.1, 0.15) is 25.3 Å². The molecule has 0 radical (unpaired) electrons. The quantitative estimate of drug-likeness (QED) is 0.903. The largest absolute Gasteiger partial charge is 0.340 e. The van der Waals surface area contributed by atoms with E-state index in [1.165, 1.54) is 0 Å². The molecule has 3 nitrogen and oxygen atoms in total. The number of benzene rings is 2. The number of nitriles is 1. The minimum absolute atomic E-state index is 0.0960. The monoisotopic (exact) mass is 266 g/mol. The van der Waals surface area contributed by atoms with Crippen molar-refractivity contribution in [1.82, 2.24) is 5.32 Å². The van der Waals surface area contributed by atoms with Gasteiger partial charge in [0.2, 0.25) is 5.91 Å². The molecule has 1 N–H and O–H groups in total. The summed E-state index contributed by atoms with van der Waals surface area (Å²) in [5, 5.41) is 14.0. The van der Waals surface area contributed by atoms with Crippen molar-refractivity contribution in [2.24, 2.45) is 0 Å². The summed E-state index contributed by atoms with van der Waals surface area (Å²) in [7, 11) is 0. The van der Waals surface area contributed by atoms with Crippen LogP contribution in [0.3, 0.4) is 0 Å². The molecule has 0 heterocycles. The summed E-state index contributed by atoms with van der Waals surface area (Å²) < 4.78 is 0. The predicted molar refractivity (Wildman–Crippen MR) is 80.1 cm³/mol. The van der Waals surface area contributed by atoms with E-state index in [9.17, 15) is 4.79 Å². The lowest BCUT2D eigenvalue weighted by Crippen LogP contribution is -2.34. The van der Waals surface area contributed by atoms with E-state index in [2.05, 4.69) is 11.4 Å². The summed E-state index contributed by atoms with van der Waals surface area (Å²) >= 11 is 0. The summed E-state index contributed by atoms with van der Waals surface area (Å²) in [6.45, 7) is 2.00. The molecule has 0 saturated carbocycles. The van der Waals surface area contributed by atoms with Gasteiger partial charge in [0.05, 0.1) is 12.5 Å². The number of hydrogen-bond acceptors (Lipinski definition) is 2. The molecule has 1 unspecified atom stereocenters. The Morgan fingerprint density at radius 1 is 1.25 bits per heavy atom. The molecule has 102 valence electrons. The molecule has 0 aromatic heterocycles. The third-order valence-electron chi connectivity index (χ3n) is 3.30. The maximum absolute atomic E-state index is 12.0. The van der Waals surface area contributed by atoms with Gasteiger partial charge >= 0.3 is 0 Å². The van der Waals surface area contributed by atoms with Crippen molar-refractivity contribution in [3.8, 4) is 6.07 Å². The van der Waals surface area contributed by atoms with Gasteiger partial charge in [0.15, 0.2) is 0 Å². The van der Waals surface area contributed by atoms with Crippen LogP contribution in [0.25, 0.3) is 10.8 Å².